The zero-order valence-corrected chi connectivity index (χ0v) is 21.6. The number of rotatable bonds is 5. The monoisotopic (exact) mass is 503 g/mol. The number of carbonyl (C=O) groups is 3. The van der Waals surface area contributed by atoms with Crippen molar-refractivity contribution in [3.05, 3.63) is 23.8 Å². The van der Waals surface area contributed by atoms with E-state index < -0.39 is 31.6 Å². The molecule has 5 rings (SSSR count). The van der Waals surface area contributed by atoms with E-state index in [4.69, 9.17) is 4.74 Å². The van der Waals surface area contributed by atoms with Gasteiger partial charge in [0.05, 0.1) is 25.2 Å². The second kappa shape index (κ2) is 8.67. The zero-order valence-electron chi connectivity index (χ0n) is 20.6. The number of nitrogens with one attached hydrogen (secondary N) is 1. The maximum atomic E-state index is 15.8. The zero-order chi connectivity index (χ0) is 25.1. The lowest BCUT2D eigenvalue weighted by molar-refractivity contribution is -0.148. The van der Waals surface area contributed by atoms with Crippen LogP contribution in [-0.4, -0.2) is 68.0 Å². The van der Waals surface area contributed by atoms with Crippen molar-refractivity contribution in [1.82, 2.24) is 4.90 Å². The SMILES string of the molecule is C[C@@H]1[C@@H]([Si](C)(C)F)[C@H](CC(=O)N2CCC[C@H]2CO)O[C@@]12C(=O)Nc1ccc(N3CCCC3=O)cc12. The van der Waals surface area contributed by atoms with E-state index in [2.05, 4.69) is 5.32 Å². The van der Waals surface area contributed by atoms with Gasteiger partial charge in [-0.1, -0.05) is 6.92 Å². The molecule has 3 amide bonds. The number of hydrogen-bond acceptors (Lipinski definition) is 5. The number of carbonyl (C=O) groups excluding carboxylic acids is 3. The quantitative estimate of drug-likeness (QED) is 0.476. The fourth-order valence-corrected chi connectivity index (χ4v) is 9.28. The summed E-state index contributed by atoms with van der Waals surface area (Å²) in [5.41, 5.74) is -0.0772. The van der Waals surface area contributed by atoms with Crippen molar-refractivity contribution in [2.45, 2.75) is 75.4 Å². The van der Waals surface area contributed by atoms with Crippen molar-refractivity contribution in [1.29, 1.82) is 0 Å². The number of anilines is 2. The van der Waals surface area contributed by atoms with Gasteiger partial charge in [-0.05, 0) is 50.6 Å². The Hall–Kier alpha value is -2.30. The Morgan fingerprint density at radius 3 is 2.71 bits per heavy atom. The first-order valence-electron chi connectivity index (χ1n) is 12.6. The summed E-state index contributed by atoms with van der Waals surface area (Å²) in [4.78, 5) is 42.4. The highest BCUT2D eigenvalue weighted by atomic mass is 28.4. The molecule has 0 aliphatic carbocycles. The van der Waals surface area contributed by atoms with Crippen LogP contribution in [0.25, 0.3) is 0 Å². The topological polar surface area (TPSA) is 99.2 Å². The summed E-state index contributed by atoms with van der Waals surface area (Å²) in [6, 6.07) is 5.19. The number of likely N-dealkylation sites (tertiary alicyclic amines) is 1. The van der Waals surface area contributed by atoms with Crippen molar-refractivity contribution < 1.29 is 28.3 Å². The Kier molecular flexibility index (Phi) is 6.04. The highest BCUT2D eigenvalue weighted by molar-refractivity contribution is 6.72. The Bertz CT molecular complexity index is 1060. The number of amides is 3. The van der Waals surface area contributed by atoms with Crippen LogP contribution < -0.4 is 10.2 Å². The number of fused-ring (bicyclic) bond motifs is 2. The van der Waals surface area contributed by atoms with E-state index in [9.17, 15) is 19.5 Å². The Morgan fingerprint density at radius 1 is 1.29 bits per heavy atom. The molecule has 8 nitrogen and oxygen atoms in total. The van der Waals surface area contributed by atoms with Crippen LogP contribution in [0.4, 0.5) is 15.5 Å². The smallest absolute Gasteiger partial charge is 0.261 e. The number of aliphatic hydroxyl groups excluding tert-OH is 1. The lowest BCUT2D eigenvalue weighted by Crippen LogP contribution is -2.42. The maximum absolute atomic E-state index is 15.8. The van der Waals surface area contributed by atoms with Crippen LogP contribution in [0.3, 0.4) is 0 Å². The minimum Gasteiger partial charge on any atom is -0.394 e. The molecule has 1 spiro atoms. The van der Waals surface area contributed by atoms with Crippen LogP contribution >= 0.6 is 0 Å². The van der Waals surface area contributed by atoms with Crippen LogP contribution in [-0.2, 0) is 24.7 Å². The first-order valence-corrected chi connectivity index (χ1v) is 15.6. The summed E-state index contributed by atoms with van der Waals surface area (Å²) in [5.74, 6) is -0.976. The van der Waals surface area contributed by atoms with E-state index in [1.807, 2.05) is 19.1 Å². The molecule has 1 aromatic rings. The summed E-state index contributed by atoms with van der Waals surface area (Å²) in [6.45, 7) is 6.14. The number of halogens is 1. The molecule has 0 bridgehead atoms. The van der Waals surface area contributed by atoms with Gasteiger partial charge < -0.3 is 29.1 Å². The molecule has 3 saturated heterocycles. The molecular formula is C25H34FN3O5Si. The molecule has 0 saturated carbocycles. The first-order chi connectivity index (χ1) is 16.6. The molecule has 0 radical (unpaired) electrons. The lowest BCUT2D eigenvalue weighted by Gasteiger charge is -2.31. The molecule has 35 heavy (non-hydrogen) atoms. The number of ether oxygens (including phenoxy) is 1. The predicted octanol–water partition coefficient (Wildman–Crippen LogP) is 2.91. The largest absolute Gasteiger partial charge is 0.394 e. The Morgan fingerprint density at radius 2 is 2.06 bits per heavy atom. The molecule has 1 aromatic carbocycles. The molecule has 4 heterocycles. The number of nitrogens with zero attached hydrogens (tertiary/aromatic N) is 2. The highest BCUT2D eigenvalue weighted by Crippen LogP contribution is 2.59. The molecule has 4 aliphatic rings. The van der Waals surface area contributed by atoms with Crippen LogP contribution in [0.5, 0.6) is 0 Å². The summed E-state index contributed by atoms with van der Waals surface area (Å²) in [6.07, 6.45) is 2.06. The third-order valence-electron chi connectivity index (χ3n) is 8.37. The van der Waals surface area contributed by atoms with Gasteiger partial charge >= 0.3 is 0 Å². The van der Waals surface area contributed by atoms with Crippen molar-refractivity contribution in [3.8, 4) is 0 Å². The van der Waals surface area contributed by atoms with Gasteiger partial charge in [-0.25, -0.2) is 0 Å². The van der Waals surface area contributed by atoms with Gasteiger partial charge in [-0.2, -0.15) is 0 Å². The van der Waals surface area contributed by atoms with Crippen molar-refractivity contribution in [2.75, 3.05) is 29.9 Å². The summed E-state index contributed by atoms with van der Waals surface area (Å²) < 4.78 is 22.3. The molecule has 2 N–H and O–H groups in total. The standard InChI is InChI=1S/C25H34FN3O5Si/c1-15-23(35(2,3)26)20(13-22(32)29-10-4-6-17(29)14-30)34-25(15)18-12-16(28-11-5-7-21(28)31)8-9-19(18)27-24(25)33/h8-9,12,15,17,20,23,30H,4-7,10-11,13-14H2,1-3H3,(H,27,33)/t15-,17+,20+,23-,25+/m1/s1. The van der Waals surface area contributed by atoms with Crippen LogP contribution in [0.1, 0.15) is 44.6 Å². The predicted molar refractivity (Wildman–Crippen MR) is 131 cm³/mol. The average molecular weight is 504 g/mol. The van der Waals surface area contributed by atoms with Gasteiger partial charge in [0.25, 0.3) is 5.91 Å². The van der Waals surface area contributed by atoms with Crippen molar-refractivity contribution in [3.63, 3.8) is 0 Å². The van der Waals surface area contributed by atoms with Gasteiger partial charge in [-0.3, -0.25) is 14.4 Å². The van der Waals surface area contributed by atoms with E-state index in [0.29, 0.717) is 36.4 Å². The number of aliphatic hydroxyl groups is 1. The fraction of sp³-hybridized carbons (Fsp3) is 0.640. The maximum Gasteiger partial charge on any atom is 0.261 e. The highest BCUT2D eigenvalue weighted by Gasteiger charge is 2.65. The van der Waals surface area contributed by atoms with Crippen molar-refractivity contribution >= 4 is 37.5 Å². The van der Waals surface area contributed by atoms with E-state index in [0.717, 1.165) is 19.3 Å². The fourth-order valence-electron chi connectivity index (χ4n) is 6.79. The average Bonchev–Trinajstić information content (AvgIpc) is 3.55. The summed E-state index contributed by atoms with van der Waals surface area (Å²) in [5, 5.41) is 12.6. The van der Waals surface area contributed by atoms with E-state index in [1.165, 1.54) is 0 Å². The molecule has 5 atom stereocenters. The summed E-state index contributed by atoms with van der Waals surface area (Å²) in [7, 11) is -3.37. The Balaban J connectivity index is 1.51. The molecule has 190 valence electrons. The molecule has 0 unspecified atom stereocenters. The van der Waals surface area contributed by atoms with Gasteiger partial charge in [0, 0.05) is 47.9 Å². The Labute approximate surface area is 206 Å². The second-order valence-electron chi connectivity index (χ2n) is 10.9. The van der Waals surface area contributed by atoms with Gasteiger partial charge in [0.15, 0.2) is 5.60 Å². The first kappa shape index (κ1) is 24.4. The van der Waals surface area contributed by atoms with Crippen LogP contribution in [0.2, 0.25) is 18.6 Å². The third-order valence-corrected chi connectivity index (χ3v) is 10.8. The van der Waals surface area contributed by atoms with Crippen molar-refractivity contribution in [2.24, 2.45) is 5.92 Å². The van der Waals surface area contributed by atoms with E-state index in [1.54, 1.807) is 29.0 Å². The molecule has 4 aliphatic heterocycles. The molecule has 3 fully saturated rings. The van der Waals surface area contributed by atoms with Gasteiger partial charge in [-0.15, -0.1) is 0 Å². The van der Waals surface area contributed by atoms with Crippen LogP contribution in [0, 0.1) is 5.92 Å². The van der Waals surface area contributed by atoms with Gasteiger partial charge in [0.1, 0.15) is 0 Å². The number of hydrogen-bond donors (Lipinski definition) is 2. The van der Waals surface area contributed by atoms with Gasteiger partial charge in [0.2, 0.25) is 20.2 Å². The third kappa shape index (κ3) is 3.81. The molecular weight excluding hydrogens is 469 g/mol. The lowest BCUT2D eigenvalue weighted by atomic mass is 9.82. The van der Waals surface area contributed by atoms with E-state index in [-0.39, 0.29) is 36.8 Å². The molecule has 0 aromatic heterocycles. The normalized spacial score (nSPS) is 32.6. The second-order valence-corrected chi connectivity index (χ2v) is 14.7. The minimum absolute atomic E-state index is 0.0273. The molecule has 10 heteroatoms. The van der Waals surface area contributed by atoms with E-state index >= 15 is 4.11 Å². The number of benzene rings is 1. The van der Waals surface area contributed by atoms with Crippen LogP contribution in [0.15, 0.2) is 18.2 Å². The minimum atomic E-state index is -3.37. The summed E-state index contributed by atoms with van der Waals surface area (Å²) >= 11 is 0.